The van der Waals surface area contributed by atoms with Crippen molar-refractivity contribution in [1.29, 1.82) is 0 Å². The van der Waals surface area contributed by atoms with Crippen LogP contribution in [0.15, 0.2) is 10.9 Å². The summed E-state index contributed by atoms with van der Waals surface area (Å²) in [6.07, 6.45) is 0.102. The lowest BCUT2D eigenvalue weighted by Crippen LogP contribution is -1.61. The average molecular weight is 88.0 g/mol. The van der Waals surface area contributed by atoms with Crippen LogP contribution in [0, 0.1) is 6.14 Å². The zero-order valence-corrected chi connectivity index (χ0v) is 2.76. The fraction of sp³-hybridized carbons (Fsp3) is 0. The van der Waals surface area contributed by atoms with Crippen LogP contribution < -0.4 is 0 Å². The van der Waals surface area contributed by atoms with Gasteiger partial charge in [0.2, 0.25) is 0 Å². The van der Waals surface area contributed by atoms with Crippen LogP contribution >= 0.6 is 0 Å². The second-order valence-electron chi connectivity index (χ2n) is 0.694. The Kier molecular flexibility index (Phi) is 0.567. The molecule has 0 aliphatic rings. The first kappa shape index (κ1) is 3.27. The first-order valence-corrected chi connectivity index (χ1v) is 1.32. The Morgan fingerprint density at radius 2 is 2.67 bits per heavy atom. The van der Waals surface area contributed by atoms with Gasteiger partial charge >= 0.3 is 6.14 Å². The van der Waals surface area contributed by atoms with Gasteiger partial charge in [-0.1, -0.05) is 5.16 Å². The second-order valence-corrected chi connectivity index (χ2v) is 0.694. The van der Waals surface area contributed by atoms with E-state index in [9.17, 15) is 4.39 Å². The molecule has 0 atom stereocenters. The van der Waals surface area contributed by atoms with E-state index in [1.54, 1.807) is 0 Å². The molecule has 3 nitrogen and oxygen atoms in total. The lowest BCUT2D eigenvalue weighted by atomic mass is 11.3. The fourth-order valence-electron chi connectivity index (χ4n) is 0.160. The summed E-state index contributed by atoms with van der Waals surface area (Å²) < 4.78 is 15.1. The molecule has 0 bridgehead atoms. The number of hydrogen-bond acceptors (Lipinski definition) is 3. The van der Waals surface area contributed by atoms with Gasteiger partial charge in [-0.25, -0.2) is 0 Å². The van der Waals surface area contributed by atoms with Crippen LogP contribution in [0.2, 0.25) is 0 Å². The van der Waals surface area contributed by atoms with Crippen LogP contribution in [0.1, 0.15) is 0 Å². The van der Waals surface area contributed by atoms with Gasteiger partial charge in [0.1, 0.15) is 0 Å². The molecule has 32 valence electrons. The van der Waals surface area contributed by atoms with Crippen molar-refractivity contribution in [3.63, 3.8) is 0 Å². The van der Waals surface area contributed by atoms with E-state index in [1.165, 1.54) is 0 Å². The van der Waals surface area contributed by atoms with E-state index in [0.29, 0.717) is 0 Å². The molecule has 0 spiro atoms. The van der Waals surface area contributed by atoms with Gasteiger partial charge in [0, 0.05) is 0 Å². The highest BCUT2D eigenvalue weighted by molar-refractivity contribution is 4.42. The lowest BCUT2D eigenvalue weighted by Gasteiger charge is -1.57. The van der Waals surface area contributed by atoms with Crippen molar-refractivity contribution in [2.75, 3.05) is 0 Å². The zero-order chi connectivity index (χ0) is 4.41. The summed E-state index contributed by atoms with van der Waals surface area (Å²) in [4.78, 5) is 2.97. The minimum atomic E-state index is -0.894. The summed E-state index contributed by atoms with van der Waals surface area (Å²) in [7, 11) is 0. The molecule has 6 heavy (non-hydrogen) atoms. The van der Waals surface area contributed by atoms with Crippen LogP contribution in [-0.4, -0.2) is 10.1 Å². The van der Waals surface area contributed by atoms with Crippen molar-refractivity contribution in [3.05, 3.63) is 12.5 Å². The Labute approximate surface area is 32.8 Å². The molecule has 1 rings (SSSR count). The zero-order valence-electron chi connectivity index (χ0n) is 2.76. The van der Waals surface area contributed by atoms with Gasteiger partial charge in [-0.15, -0.1) is 4.39 Å². The quantitative estimate of drug-likeness (QED) is 0.455. The van der Waals surface area contributed by atoms with Gasteiger partial charge in [0.15, 0.2) is 6.33 Å². The molecule has 0 aromatic carbocycles. The maximum Gasteiger partial charge on any atom is 0.404 e. The fourth-order valence-corrected chi connectivity index (χ4v) is 0.160. The van der Waals surface area contributed by atoms with Crippen LogP contribution in [0.3, 0.4) is 0 Å². The van der Waals surface area contributed by atoms with Crippen molar-refractivity contribution >= 4 is 0 Å². The average Bonchev–Trinajstić information content (AvgIpc) is 1.86. The largest absolute Gasteiger partial charge is 0.404 e. The smallest absolute Gasteiger partial charge is 0.304 e. The summed E-state index contributed by atoms with van der Waals surface area (Å²) in [5.74, 6) is 0. The molecule has 4 heteroatoms. The molecule has 1 aromatic rings. The van der Waals surface area contributed by atoms with Crippen molar-refractivity contribution in [3.8, 4) is 0 Å². The maximum atomic E-state index is 11.3. The standard InChI is InChI=1S/C2HFN2O/c3-2-4-1-5-6-2/h1H. The SMILES string of the molecule is Fc1ncno1. The van der Waals surface area contributed by atoms with E-state index in [-0.39, 0.29) is 0 Å². The summed E-state index contributed by atoms with van der Waals surface area (Å²) in [5.41, 5.74) is 0. The topological polar surface area (TPSA) is 38.9 Å². The van der Waals surface area contributed by atoms with Gasteiger partial charge in [-0.2, -0.15) is 4.98 Å². The summed E-state index contributed by atoms with van der Waals surface area (Å²) in [6.45, 7) is 0. The van der Waals surface area contributed by atoms with Gasteiger partial charge in [-0.3, -0.25) is 0 Å². The van der Waals surface area contributed by atoms with Crippen molar-refractivity contribution in [2.24, 2.45) is 0 Å². The Balaban J connectivity index is 3.05. The first-order valence-electron chi connectivity index (χ1n) is 1.32. The van der Waals surface area contributed by atoms with Crippen LogP contribution in [0.5, 0.6) is 0 Å². The maximum absolute atomic E-state index is 11.3. The van der Waals surface area contributed by atoms with Crippen molar-refractivity contribution < 1.29 is 8.91 Å². The Morgan fingerprint density at radius 3 is 2.83 bits per heavy atom. The van der Waals surface area contributed by atoms with E-state index in [0.717, 1.165) is 6.33 Å². The highest BCUT2D eigenvalue weighted by Gasteiger charge is 1.86. The monoisotopic (exact) mass is 88.0 g/mol. The molecule has 0 amide bonds. The van der Waals surface area contributed by atoms with Crippen molar-refractivity contribution in [2.45, 2.75) is 0 Å². The molecule has 0 aliphatic heterocycles. The molecular weight excluding hydrogens is 87.0 g/mol. The third-order valence-corrected chi connectivity index (χ3v) is 0.334. The summed E-state index contributed by atoms with van der Waals surface area (Å²) in [5, 5.41) is 2.96. The lowest BCUT2D eigenvalue weighted by molar-refractivity contribution is 0.268. The molecule has 0 radical (unpaired) electrons. The predicted octanol–water partition coefficient (Wildman–Crippen LogP) is 0.209. The second kappa shape index (κ2) is 1.04. The first-order chi connectivity index (χ1) is 2.89. The highest BCUT2D eigenvalue weighted by Crippen LogP contribution is 1.81. The van der Waals surface area contributed by atoms with Crippen LogP contribution in [-0.2, 0) is 0 Å². The highest BCUT2D eigenvalue weighted by atomic mass is 19.1. The molecule has 0 saturated carbocycles. The van der Waals surface area contributed by atoms with Crippen LogP contribution in [0.25, 0.3) is 0 Å². The van der Waals surface area contributed by atoms with Gasteiger partial charge in [-0.05, 0) is 0 Å². The molecule has 0 N–H and O–H groups in total. The van der Waals surface area contributed by atoms with E-state index >= 15 is 0 Å². The Hall–Kier alpha value is -0.930. The molecule has 0 aliphatic carbocycles. The minimum absolute atomic E-state index is 0.894. The number of hydrogen-bond donors (Lipinski definition) is 0. The van der Waals surface area contributed by atoms with E-state index in [4.69, 9.17) is 0 Å². The number of nitrogens with zero attached hydrogens (tertiary/aromatic N) is 2. The normalized spacial score (nSPS) is 8.83. The van der Waals surface area contributed by atoms with Crippen LogP contribution in [0.4, 0.5) is 4.39 Å². The molecule has 0 saturated heterocycles. The molecule has 0 unspecified atom stereocenters. The minimum Gasteiger partial charge on any atom is -0.304 e. The summed E-state index contributed by atoms with van der Waals surface area (Å²) >= 11 is 0. The van der Waals surface area contributed by atoms with Gasteiger partial charge < -0.3 is 4.52 Å². The molecular formula is C2HFN2O. The predicted molar refractivity (Wildman–Crippen MR) is 14.3 cm³/mol. The molecule has 1 heterocycles. The third kappa shape index (κ3) is 0.357. The van der Waals surface area contributed by atoms with E-state index in [1.807, 2.05) is 0 Å². The molecule has 0 fully saturated rings. The number of rotatable bonds is 0. The third-order valence-electron chi connectivity index (χ3n) is 0.334. The summed E-state index contributed by atoms with van der Waals surface area (Å²) in [6, 6.07) is 0. The van der Waals surface area contributed by atoms with Crippen molar-refractivity contribution in [1.82, 2.24) is 10.1 Å². The van der Waals surface area contributed by atoms with Gasteiger partial charge in [0.25, 0.3) is 0 Å². The van der Waals surface area contributed by atoms with E-state index < -0.39 is 6.14 Å². The Bertz CT molecular complexity index is 115. The Morgan fingerprint density at radius 1 is 1.83 bits per heavy atom. The molecule has 1 aromatic heterocycles. The number of aromatic nitrogens is 2. The number of halogens is 1. The van der Waals surface area contributed by atoms with E-state index in [2.05, 4.69) is 14.7 Å². The van der Waals surface area contributed by atoms with Gasteiger partial charge in [0.05, 0.1) is 0 Å².